The molecule has 0 aliphatic carbocycles. The Kier molecular flexibility index (Phi) is 8.10. The number of nitrogens with two attached hydrogens (primary N) is 1. The molecule has 3 atom stereocenters. The summed E-state index contributed by atoms with van der Waals surface area (Å²) in [5, 5.41) is 11.6. The van der Waals surface area contributed by atoms with Gasteiger partial charge in [-0.05, 0) is 17.7 Å². The van der Waals surface area contributed by atoms with Crippen molar-refractivity contribution < 1.29 is 29.0 Å². The number of amides is 2. The molecule has 32 heavy (non-hydrogen) atoms. The van der Waals surface area contributed by atoms with Crippen LogP contribution in [0, 0.1) is 0 Å². The summed E-state index contributed by atoms with van der Waals surface area (Å²) in [7, 11) is 0. The number of hydrogen-bond acceptors (Lipinski definition) is 8. The third-order valence-electron chi connectivity index (χ3n) is 4.84. The number of thioether (sulfide) groups is 2. The lowest BCUT2D eigenvalue weighted by Gasteiger charge is -2.49. The number of nitrogens with zero attached hydrogens (tertiary/aromatic N) is 1. The summed E-state index contributed by atoms with van der Waals surface area (Å²) in [5.74, 6) is -1.87. The second kappa shape index (κ2) is 10.6. The van der Waals surface area contributed by atoms with Gasteiger partial charge in [-0.3, -0.25) is 19.3 Å². The Labute approximate surface area is 198 Å². The van der Waals surface area contributed by atoms with E-state index in [4.69, 9.17) is 22.1 Å². The van der Waals surface area contributed by atoms with E-state index in [9.17, 15) is 24.3 Å². The molecule has 1 fully saturated rings. The minimum absolute atomic E-state index is 0.203. The molecule has 0 radical (unpaired) electrons. The molecule has 0 spiro atoms. The van der Waals surface area contributed by atoms with Gasteiger partial charge in [0, 0.05) is 34.8 Å². The largest absolute Gasteiger partial charge is 0.477 e. The van der Waals surface area contributed by atoms with Crippen LogP contribution >= 0.6 is 35.1 Å². The van der Waals surface area contributed by atoms with Crippen LogP contribution in [-0.4, -0.2) is 69.3 Å². The monoisotopic (exact) mass is 499 g/mol. The van der Waals surface area contributed by atoms with Crippen molar-refractivity contribution in [3.8, 4) is 0 Å². The van der Waals surface area contributed by atoms with Gasteiger partial charge < -0.3 is 20.9 Å². The van der Waals surface area contributed by atoms with Crippen LogP contribution in [0.4, 0.5) is 0 Å². The van der Waals surface area contributed by atoms with Crippen molar-refractivity contribution in [1.29, 1.82) is 0 Å². The minimum atomic E-state index is -1.29. The fourth-order valence-electron chi connectivity index (χ4n) is 3.18. The maximum Gasteiger partial charge on any atom is 0.352 e. The minimum Gasteiger partial charge on any atom is -0.477 e. The van der Waals surface area contributed by atoms with Crippen molar-refractivity contribution in [2.45, 2.75) is 35.2 Å². The number of benzene rings is 1. The summed E-state index contributed by atoms with van der Waals surface area (Å²) < 4.78 is 4.90. The maximum absolute atomic E-state index is 12.6. The smallest absolute Gasteiger partial charge is 0.352 e. The number of β-lactam (4-membered cyclic amide) rings is 1. The third kappa shape index (κ3) is 5.40. The first-order valence-corrected chi connectivity index (χ1v) is 12.2. The van der Waals surface area contributed by atoms with Crippen LogP contribution in [0.25, 0.3) is 0 Å². The molecule has 2 heterocycles. The number of carbonyl (C=O) groups is 4. The van der Waals surface area contributed by atoms with Gasteiger partial charge in [0.2, 0.25) is 5.91 Å². The highest BCUT2D eigenvalue weighted by atomic mass is 35.5. The van der Waals surface area contributed by atoms with E-state index in [-0.39, 0.29) is 18.1 Å². The lowest BCUT2D eigenvalue weighted by Crippen LogP contribution is -2.71. The molecule has 1 aromatic rings. The van der Waals surface area contributed by atoms with E-state index < -0.39 is 41.2 Å². The fraction of sp³-hybridized carbons (Fsp3) is 0.400. The average molecular weight is 500 g/mol. The summed E-state index contributed by atoms with van der Waals surface area (Å²) in [5.41, 5.74) is 7.11. The molecular weight excluding hydrogens is 478 g/mol. The number of carboxylic acid groups (broad SMARTS) is 1. The van der Waals surface area contributed by atoms with E-state index in [0.717, 1.165) is 15.4 Å². The number of halogens is 1. The number of rotatable bonds is 9. The number of alkyl halides is 1. The number of esters is 1. The van der Waals surface area contributed by atoms with Gasteiger partial charge in [0.05, 0.1) is 6.04 Å². The van der Waals surface area contributed by atoms with Gasteiger partial charge in [0.1, 0.15) is 23.7 Å². The number of hydrogen-bond donors (Lipinski definition) is 3. The van der Waals surface area contributed by atoms with E-state index in [1.807, 2.05) is 24.3 Å². The molecule has 3 rings (SSSR count). The molecular formula is C20H22ClN3O6S2. The van der Waals surface area contributed by atoms with Crippen LogP contribution in [0.3, 0.4) is 0 Å². The zero-order chi connectivity index (χ0) is 23.4. The van der Waals surface area contributed by atoms with E-state index in [2.05, 4.69) is 5.32 Å². The molecule has 1 saturated heterocycles. The first kappa shape index (κ1) is 24.4. The Balaban J connectivity index is 1.58. The van der Waals surface area contributed by atoms with Gasteiger partial charge >= 0.3 is 11.9 Å². The van der Waals surface area contributed by atoms with Gasteiger partial charge in [0.15, 0.2) is 0 Å². The highest BCUT2D eigenvalue weighted by molar-refractivity contribution is 8.00. The van der Waals surface area contributed by atoms with Gasteiger partial charge in [-0.25, -0.2) is 4.79 Å². The summed E-state index contributed by atoms with van der Waals surface area (Å²) in [6, 6.07) is 5.87. The Hall–Kier alpha value is -2.21. The first-order chi connectivity index (χ1) is 15.2. The van der Waals surface area contributed by atoms with Crippen LogP contribution in [0.1, 0.15) is 12.5 Å². The number of aliphatic carboxylic acids is 1. The van der Waals surface area contributed by atoms with Crippen LogP contribution in [0.5, 0.6) is 0 Å². The zero-order valence-electron chi connectivity index (χ0n) is 17.1. The number of ether oxygens (including phenoxy) is 1. The van der Waals surface area contributed by atoms with Gasteiger partial charge in [-0.1, -0.05) is 12.1 Å². The molecule has 2 aliphatic rings. The predicted molar refractivity (Wildman–Crippen MR) is 121 cm³/mol. The molecule has 172 valence electrons. The van der Waals surface area contributed by atoms with Crippen LogP contribution in [0.15, 0.2) is 40.4 Å². The Bertz CT molecular complexity index is 955. The summed E-state index contributed by atoms with van der Waals surface area (Å²) in [4.78, 5) is 50.0. The van der Waals surface area contributed by atoms with E-state index in [0.29, 0.717) is 17.2 Å². The van der Waals surface area contributed by atoms with Gasteiger partial charge in [-0.2, -0.15) is 0 Å². The van der Waals surface area contributed by atoms with Crippen molar-refractivity contribution in [2.75, 3.05) is 18.1 Å². The Morgan fingerprint density at radius 3 is 2.66 bits per heavy atom. The molecule has 9 nitrogen and oxygen atoms in total. The summed E-state index contributed by atoms with van der Waals surface area (Å²) in [6.07, 6.45) is 0. The van der Waals surface area contributed by atoms with E-state index in [1.165, 1.54) is 30.4 Å². The average Bonchev–Trinajstić information content (AvgIpc) is 2.78. The number of carbonyl (C=O) groups excluding carboxylic acids is 3. The van der Waals surface area contributed by atoms with Crippen LogP contribution in [-0.2, 0) is 29.8 Å². The van der Waals surface area contributed by atoms with Crippen LogP contribution < -0.4 is 11.1 Å². The fourth-order valence-corrected chi connectivity index (χ4v) is 5.54. The third-order valence-corrected chi connectivity index (χ3v) is 7.62. The van der Waals surface area contributed by atoms with Crippen molar-refractivity contribution in [1.82, 2.24) is 10.2 Å². The van der Waals surface area contributed by atoms with Crippen molar-refractivity contribution in [2.24, 2.45) is 5.73 Å². The van der Waals surface area contributed by atoms with Gasteiger partial charge in [0.25, 0.3) is 5.91 Å². The summed E-state index contributed by atoms with van der Waals surface area (Å²) in [6.45, 7) is 1.02. The van der Waals surface area contributed by atoms with Crippen molar-refractivity contribution in [3.63, 3.8) is 0 Å². The van der Waals surface area contributed by atoms with Crippen LogP contribution in [0.2, 0.25) is 0 Å². The van der Waals surface area contributed by atoms with E-state index in [1.54, 1.807) is 0 Å². The molecule has 2 aliphatic heterocycles. The molecule has 0 aromatic heterocycles. The number of carboxylic acids is 1. The number of nitrogens with one attached hydrogen (secondary N) is 1. The lowest BCUT2D eigenvalue weighted by atomic mass is 10.0. The standard InChI is InChI=1S/C20H22ClN3O6S2/c1-10(25)30-7-12-8-32-19-15(18(27)24(19)16(12)20(28)29)23-17(26)14(22)9-31-13-4-2-11(6-21)3-5-13/h2-5,14-15,19H,6-9,22H2,1H3,(H,23,26)(H,28,29). The summed E-state index contributed by atoms with van der Waals surface area (Å²) >= 11 is 8.47. The number of fused-ring (bicyclic) bond motifs is 1. The second-order valence-electron chi connectivity index (χ2n) is 7.13. The lowest BCUT2D eigenvalue weighted by molar-refractivity contribution is -0.151. The maximum atomic E-state index is 12.6. The predicted octanol–water partition coefficient (Wildman–Crippen LogP) is 1.15. The first-order valence-electron chi connectivity index (χ1n) is 9.60. The molecule has 2 amide bonds. The molecule has 4 N–H and O–H groups in total. The topological polar surface area (TPSA) is 139 Å². The second-order valence-corrected chi connectivity index (χ2v) is 9.59. The Morgan fingerprint density at radius 2 is 2.06 bits per heavy atom. The quantitative estimate of drug-likeness (QED) is 0.197. The van der Waals surface area contributed by atoms with E-state index >= 15 is 0 Å². The zero-order valence-corrected chi connectivity index (χ0v) is 19.5. The van der Waals surface area contributed by atoms with Crippen molar-refractivity contribution >= 4 is 58.9 Å². The highest BCUT2D eigenvalue weighted by Gasteiger charge is 2.54. The molecule has 12 heteroatoms. The van der Waals surface area contributed by atoms with Gasteiger partial charge in [-0.15, -0.1) is 35.1 Å². The molecule has 0 saturated carbocycles. The normalized spacial score (nSPS) is 20.8. The Morgan fingerprint density at radius 1 is 1.38 bits per heavy atom. The molecule has 1 aromatic carbocycles. The highest BCUT2D eigenvalue weighted by Crippen LogP contribution is 2.40. The van der Waals surface area contributed by atoms with Crippen molar-refractivity contribution in [3.05, 3.63) is 41.1 Å². The molecule has 3 unspecified atom stereocenters. The SMILES string of the molecule is CC(=O)OCC1=C(C(=O)O)N2C(=O)C(NC(=O)C(N)CSc3ccc(CCl)cc3)C2SC1. The molecule has 0 bridgehead atoms.